The lowest BCUT2D eigenvalue weighted by atomic mass is 10.0. The van der Waals surface area contributed by atoms with E-state index in [1.54, 1.807) is 7.11 Å². The SMILES string of the molecule is COc1cc(Cl)ccc1C(Br)Cc1ccc(Cl)cc1. The summed E-state index contributed by atoms with van der Waals surface area (Å²) < 4.78 is 5.37. The number of benzene rings is 2. The largest absolute Gasteiger partial charge is 0.496 e. The van der Waals surface area contributed by atoms with Crippen molar-refractivity contribution in [1.82, 2.24) is 0 Å². The zero-order valence-electron chi connectivity index (χ0n) is 10.4. The Morgan fingerprint density at radius 3 is 2.32 bits per heavy atom. The maximum absolute atomic E-state index is 5.97. The molecule has 0 heterocycles. The van der Waals surface area contributed by atoms with Crippen LogP contribution in [0.3, 0.4) is 0 Å². The van der Waals surface area contributed by atoms with Gasteiger partial charge in [0.1, 0.15) is 5.75 Å². The molecule has 19 heavy (non-hydrogen) atoms. The van der Waals surface area contributed by atoms with Crippen molar-refractivity contribution in [3.05, 3.63) is 63.6 Å². The summed E-state index contributed by atoms with van der Waals surface area (Å²) in [6, 6.07) is 13.5. The van der Waals surface area contributed by atoms with Gasteiger partial charge in [0, 0.05) is 20.4 Å². The molecule has 1 unspecified atom stereocenters. The van der Waals surface area contributed by atoms with Gasteiger partial charge in [-0.15, -0.1) is 0 Å². The van der Waals surface area contributed by atoms with Crippen LogP contribution in [0.1, 0.15) is 16.0 Å². The monoisotopic (exact) mass is 358 g/mol. The molecule has 4 heteroatoms. The van der Waals surface area contributed by atoms with Crippen LogP contribution in [0, 0.1) is 0 Å². The van der Waals surface area contributed by atoms with Crippen LogP contribution in [0.5, 0.6) is 5.75 Å². The molecule has 0 saturated heterocycles. The Morgan fingerprint density at radius 2 is 1.68 bits per heavy atom. The minimum absolute atomic E-state index is 0.167. The molecule has 0 spiro atoms. The molecule has 2 rings (SSSR count). The fourth-order valence-electron chi connectivity index (χ4n) is 1.88. The Kier molecular flexibility index (Phi) is 5.14. The van der Waals surface area contributed by atoms with E-state index < -0.39 is 0 Å². The first-order valence-electron chi connectivity index (χ1n) is 5.82. The number of methoxy groups -OCH3 is 1. The van der Waals surface area contributed by atoms with E-state index >= 15 is 0 Å². The second kappa shape index (κ2) is 6.65. The third kappa shape index (κ3) is 3.88. The number of alkyl halides is 1. The third-order valence-electron chi connectivity index (χ3n) is 2.86. The van der Waals surface area contributed by atoms with Gasteiger partial charge >= 0.3 is 0 Å². The molecular formula is C15H13BrCl2O. The van der Waals surface area contributed by atoms with Crippen molar-refractivity contribution in [2.75, 3.05) is 7.11 Å². The quantitative estimate of drug-likeness (QED) is 0.638. The van der Waals surface area contributed by atoms with E-state index in [-0.39, 0.29) is 4.83 Å². The molecule has 0 aromatic heterocycles. The van der Waals surface area contributed by atoms with Gasteiger partial charge in [-0.05, 0) is 36.2 Å². The zero-order chi connectivity index (χ0) is 13.8. The average molecular weight is 360 g/mol. The molecule has 0 aliphatic rings. The summed E-state index contributed by atoms with van der Waals surface area (Å²) >= 11 is 15.6. The van der Waals surface area contributed by atoms with Crippen LogP contribution in [0.15, 0.2) is 42.5 Å². The van der Waals surface area contributed by atoms with Gasteiger partial charge in [-0.25, -0.2) is 0 Å². The lowest BCUT2D eigenvalue weighted by Crippen LogP contribution is -1.98. The van der Waals surface area contributed by atoms with Crippen molar-refractivity contribution in [1.29, 1.82) is 0 Å². The molecule has 0 saturated carbocycles. The summed E-state index contributed by atoms with van der Waals surface area (Å²) in [5, 5.41) is 1.42. The lowest BCUT2D eigenvalue weighted by molar-refractivity contribution is 0.409. The van der Waals surface area contributed by atoms with Crippen molar-refractivity contribution < 1.29 is 4.74 Å². The van der Waals surface area contributed by atoms with Crippen LogP contribution in [0.25, 0.3) is 0 Å². The molecule has 0 N–H and O–H groups in total. The molecule has 0 aliphatic carbocycles. The number of rotatable bonds is 4. The van der Waals surface area contributed by atoms with E-state index in [0.717, 1.165) is 22.8 Å². The van der Waals surface area contributed by atoms with Crippen molar-refractivity contribution >= 4 is 39.1 Å². The van der Waals surface area contributed by atoms with Crippen molar-refractivity contribution in [3.63, 3.8) is 0 Å². The minimum Gasteiger partial charge on any atom is -0.496 e. The van der Waals surface area contributed by atoms with Crippen LogP contribution in [-0.4, -0.2) is 7.11 Å². The molecule has 0 aliphatic heterocycles. The van der Waals surface area contributed by atoms with Gasteiger partial charge in [-0.3, -0.25) is 0 Å². The summed E-state index contributed by atoms with van der Waals surface area (Å²) in [4.78, 5) is 0.167. The minimum atomic E-state index is 0.167. The summed E-state index contributed by atoms with van der Waals surface area (Å²) in [6.07, 6.45) is 0.856. The van der Waals surface area contributed by atoms with E-state index in [0.29, 0.717) is 5.02 Å². The highest BCUT2D eigenvalue weighted by Crippen LogP contribution is 2.35. The van der Waals surface area contributed by atoms with E-state index in [1.807, 2.05) is 42.5 Å². The zero-order valence-corrected chi connectivity index (χ0v) is 13.5. The molecule has 0 amide bonds. The van der Waals surface area contributed by atoms with Crippen LogP contribution in [-0.2, 0) is 6.42 Å². The first-order valence-corrected chi connectivity index (χ1v) is 7.49. The van der Waals surface area contributed by atoms with E-state index in [2.05, 4.69) is 15.9 Å². The Morgan fingerprint density at radius 1 is 1.05 bits per heavy atom. The molecule has 1 atom stereocenters. The van der Waals surface area contributed by atoms with Crippen LogP contribution in [0.2, 0.25) is 10.0 Å². The molecule has 0 bridgehead atoms. The van der Waals surface area contributed by atoms with E-state index in [1.165, 1.54) is 5.56 Å². The number of halogens is 3. The van der Waals surface area contributed by atoms with Crippen molar-refractivity contribution in [2.45, 2.75) is 11.2 Å². The highest BCUT2D eigenvalue weighted by molar-refractivity contribution is 9.09. The summed E-state index contributed by atoms with van der Waals surface area (Å²) in [7, 11) is 1.65. The lowest BCUT2D eigenvalue weighted by Gasteiger charge is -2.14. The normalized spacial score (nSPS) is 12.2. The number of ether oxygens (including phenoxy) is 1. The standard InChI is InChI=1S/C15H13BrCl2O/c1-19-15-9-12(18)6-7-13(15)14(16)8-10-2-4-11(17)5-3-10/h2-7,9,14H,8H2,1H3. The first kappa shape index (κ1) is 14.7. The van der Waals surface area contributed by atoms with Gasteiger partial charge in [0.2, 0.25) is 0 Å². The maximum atomic E-state index is 5.97. The smallest absolute Gasteiger partial charge is 0.124 e. The molecule has 0 fully saturated rings. The molecule has 0 radical (unpaired) electrons. The second-order valence-electron chi connectivity index (χ2n) is 4.18. The molecular weight excluding hydrogens is 347 g/mol. The average Bonchev–Trinajstić information content (AvgIpc) is 2.41. The Balaban J connectivity index is 2.19. The fraction of sp³-hybridized carbons (Fsp3) is 0.200. The second-order valence-corrected chi connectivity index (χ2v) is 6.16. The number of hydrogen-bond donors (Lipinski definition) is 0. The summed E-state index contributed by atoms with van der Waals surface area (Å²) in [5.74, 6) is 0.795. The van der Waals surface area contributed by atoms with Crippen LogP contribution < -0.4 is 4.74 Å². The van der Waals surface area contributed by atoms with Gasteiger partial charge in [-0.2, -0.15) is 0 Å². The van der Waals surface area contributed by atoms with Crippen molar-refractivity contribution in [3.8, 4) is 5.75 Å². The van der Waals surface area contributed by atoms with Crippen molar-refractivity contribution in [2.24, 2.45) is 0 Å². The van der Waals surface area contributed by atoms with Crippen LogP contribution in [0.4, 0.5) is 0 Å². The van der Waals surface area contributed by atoms with Crippen LogP contribution >= 0.6 is 39.1 Å². The van der Waals surface area contributed by atoms with E-state index in [9.17, 15) is 0 Å². The molecule has 2 aromatic carbocycles. The van der Waals surface area contributed by atoms with E-state index in [4.69, 9.17) is 27.9 Å². The number of hydrogen-bond acceptors (Lipinski definition) is 1. The molecule has 1 nitrogen and oxygen atoms in total. The highest BCUT2D eigenvalue weighted by atomic mass is 79.9. The fourth-order valence-corrected chi connectivity index (χ4v) is 2.92. The Hall–Kier alpha value is -0.700. The predicted octanol–water partition coefficient (Wildman–Crippen LogP) is 5.68. The van der Waals surface area contributed by atoms with Gasteiger partial charge in [0.25, 0.3) is 0 Å². The predicted molar refractivity (Wildman–Crippen MR) is 84.8 cm³/mol. The molecule has 2 aromatic rings. The maximum Gasteiger partial charge on any atom is 0.124 e. The first-order chi connectivity index (χ1) is 9.10. The van der Waals surface area contributed by atoms with Gasteiger partial charge in [0.05, 0.1) is 7.11 Å². The van der Waals surface area contributed by atoms with Gasteiger partial charge < -0.3 is 4.74 Å². The van der Waals surface area contributed by atoms with Gasteiger partial charge in [0.15, 0.2) is 0 Å². The Bertz CT molecular complexity index is 555. The Labute approximate surface area is 131 Å². The van der Waals surface area contributed by atoms with Gasteiger partial charge in [-0.1, -0.05) is 57.3 Å². The third-order valence-corrected chi connectivity index (χ3v) is 4.17. The molecule has 100 valence electrons. The summed E-state index contributed by atoms with van der Waals surface area (Å²) in [5.41, 5.74) is 2.30. The summed E-state index contributed by atoms with van der Waals surface area (Å²) in [6.45, 7) is 0. The highest BCUT2D eigenvalue weighted by Gasteiger charge is 2.14. The topological polar surface area (TPSA) is 9.23 Å².